The first-order valence-electron chi connectivity index (χ1n) is 10.7. The van der Waals surface area contributed by atoms with E-state index in [1.165, 1.54) is 0 Å². The standard InChI is InChI=1S/C22H29F3N2O2/c23-16-10-15(11-17(24)12-16)22(25)7-5-18(6-8-22)29-13-20-19(26)2-1-9-27(20)21(28)14-3-4-14/h10-12,14,18-20H,1-9,13,26H2/t18?,19?,20-,22?/m0/s1. The van der Waals surface area contributed by atoms with Crippen LogP contribution in [0.5, 0.6) is 0 Å². The maximum atomic E-state index is 15.3. The Morgan fingerprint density at radius 1 is 1.10 bits per heavy atom. The summed E-state index contributed by atoms with van der Waals surface area (Å²) in [7, 11) is 0. The summed E-state index contributed by atoms with van der Waals surface area (Å²) in [4.78, 5) is 14.5. The Bertz CT molecular complexity index is 727. The van der Waals surface area contributed by atoms with Crippen LogP contribution < -0.4 is 5.73 Å². The van der Waals surface area contributed by atoms with Gasteiger partial charge in [0.1, 0.15) is 17.3 Å². The Hall–Kier alpha value is -1.60. The molecule has 0 bridgehead atoms. The Balaban J connectivity index is 1.33. The molecule has 3 aliphatic rings. The number of nitrogens with zero attached hydrogens (tertiary/aromatic N) is 1. The second-order valence-electron chi connectivity index (χ2n) is 8.84. The second kappa shape index (κ2) is 8.26. The molecule has 2 aliphatic carbocycles. The lowest BCUT2D eigenvalue weighted by atomic mass is 9.80. The lowest BCUT2D eigenvalue weighted by molar-refractivity contribution is -0.140. The fraction of sp³-hybridized carbons (Fsp3) is 0.682. The highest BCUT2D eigenvalue weighted by Gasteiger charge is 2.41. The van der Waals surface area contributed by atoms with Crippen LogP contribution >= 0.6 is 0 Å². The quantitative estimate of drug-likeness (QED) is 0.803. The summed E-state index contributed by atoms with van der Waals surface area (Å²) in [5, 5.41) is 0. The van der Waals surface area contributed by atoms with Crippen LogP contribution in [0.2, 0.25) is 0 Å². The number of piperidine rings is 1. The summed E-state index contributed by atoms with van der Waals surface area (Å²) in [6.45, 7) is 1.08. The van der Waals surface area contributed by atoms with Crippen molar-refractivity contribution >= 4 is 5.91 Å². The van der Waals surface area contributed by atoms with Gasteiger partial charge in [0.2, 0.25) is 5.91 Å². The normalized spacial score (nSPS) is 33.0. The number of nitrogens with two attached hydrogens (primary N) is 1. The zero-order chi connectivity index (χ0) is 20.6. The van der Waals surface area contributed by atoms with Crippen molar-refractivity contribution in [2.24, 2.45) is 11.7 Å². The lowest BCUT2D eigenvalue weighted by Gasteiger charge is -2.41. The van der Waals surface area contributed by atoms with E-state index in [-0.39, 0.29) is 48.4 Å². The molecule has 1 unspecified atom stereocenters. The largest absolute Gasteiger partial charge is 0.376 e. The van der Waals surface area contributed by atoms with Gasteiger partial charge in [0.15, 0.2) is 0 Å². The second-order valence-corrected chi connectivity index (χ2v) is 8.84. The van der Waals surface area contributed by atoms with Gasteiger partial charge in [-0.3, -0.25) is 4.79 Å². The number of benzene rings is 1. The molecule has 1 amide bonds. The highest BCUT2D eigenvalue weighted by atomic mass is 19.1. The van der Waals surface area contributed by atoms with Gasteiger partial charge in [-0.15, -0.1) is 0 Å². The molecule has 2 saturated carbocycles. The minimum absolute atomic E-state index is 0.0592. The van der Waals surface area contributed by atoms with Crippen LogP contribution in [-0.4, -0.2) is 42.1 Å². The summed E-state index contributed by atoms with van der Waals surface area (Å²) in [5.41, 5.74) is 4.61. The number of likely N-dealkylation sites (tertiary alicyclic amines) is 1. The van der Waals surface area contributed by atoms with Crippen molar-refractivity contribution in [3.05, 3.63) is 35.4 Å². The molecule has 2 atom stereocenters. The molecule has 4 rings (SSSR count). The van der Waals surface area contributed by atoms with Crippen LogP contribution in [0.3, 0.4) is 0 Å². The summed E-state index contributed by atoms with van der Waals surface area (Å²) in [5.74, 6) is -1.19. The smallest absolute Gasteiger partial charge is 0.226 e. The van der Waals surface area contributed by atoms with E-state index in [1.54, 1.807) is 0 Å². The number of hydrogen-bond donors (Lipinski definition) is 1. The van der Waals surface area contributed by atoms with E-state index in [2.05, 4.69) is 0 Å². The number of carbonyl (C=O) groups excluding carboxylic acids is 1. The summed E-state index contributed by atoms with van der Waals surface area (Å²) in [6, 6.07) is 2.67. The highest BCUT2D eigenvalue weighted by molar-refractivity contribution is 5.81. The molecule has 2 N–H and O–H groups in total. The van der Waals surface area contributed by atoms with E-state index in [9.17, 15) is 13.6 Å². The van der Waals surface area contributed by atoms with Crippen molar-refractivity contribution in [3.8, 4) is 0 Å². The van der Waals surface area contributed by atoms with E-state index in [1.807, 2.05) is 4.90 Å². The molecule has 7 heteroatoms. The number of rotatable bonds is 5. The van der Waals surface area contributed by atoms with Crippen molar-refractivity contribution in [1.29, 1.82) is 0 Å². The number of hydrogen-bond acceptors (Lipinski definition) is 3. The van der Waals surface area contributed by atoms with Gasteiger partial charge in [0, 0.05) is 24.6 Å². The molecule has 0 aromatic heterocycles. The molecule has 4 nitrogen and oxygen atoms in total. The average molecular weight is 410 g/mol. The molecular weight excluding hydrogens is 381 g/mol. The van der Waals surface area contributed by atoms with Gasteiger partial charge in [0.05, 0.1) is 18.8 Å². The minimum atomic E-state index is -1.74. The fourth-order valence-corrected chi connectivity index (χ4v) is 4.69. The number of amides is 1. The van der Waals surface area contributed by atoms with E-state index < -0.39 is 17.3 Å². The first-order valence-corrected chi connectivity index (χ1v) is 10.7. The van der Waals surface area contributed by atoms with Crippen LogP contribution in [0.4, 0.5) is 13.2 Å². The van der Waals surface area contributed by atoms with E-state index in [0.717, 1.165) is 50.4 Å². The van der Waals surface area contributed by atoms with Gasteiger partial charge in [-0.2, -0.15) is 0 Å². The van der Waals surface area contributed by atoms with Crippen molar-refractivity contribution < 1.29 is 22.7 Å². The topological polar surface area (TPSA) is 55.6 Å². The van der Waals surface area contributed by atoms with E-state index >= 15 is 4.39 Å². The molecule has 0 radical (unpaired) electrons. The maximum Gasteiger partial charge on any atom is 0.226 e. The zero-order valence-electron chi connectivity index (χ0n) is 16.6. The zero-order valence-corrected chi connectivity index (χ0v) is 16.6. The van der Waals surface area contributed by atoms with Crippen molar-refractivity contribution in [2.75, 3.05) is 13.2 Å². The molecule has 29 heavy (non-hydrogen) atoms. The first kappa shape index (κ1) is 20.7. The van der Waals surface area contributed by atoms with E-state index in [0.29, 0.717) is 19.4 Å². The lowest BCUT2D eigenvalue weighted by Crippen LogP contribution is -2.57. The Labute approximate surface area is 169 Å². The molecule has 1 heterocycles. The number of halogens is 3. The number of ether oxygens (including phenoxy) is 1. The molecule has 3 fully saturated rings. The van der Waals surface area contributed by atoms with Gasteiger partial charge in [-0.25, -0.2) is 13.2 Å². The Kier molecular flexibility index (Phi) is 5.89. The summed E-state index contributed by atoms with van der Waals surface area (Å²) in [6.07, 6.45) is 4.80. The summed E-state index contributed by atoms with van der Waals surface area (Å²) >= 11 is 0. The number of carbonyl (C=O) groups is 1. The Morgan fingerprint density at radius 2 is 1.76 bits per heavy atom. The third-order valence-electron chi connectivity index (χ3n) is 6.65. The molecule has 1 aromatic rings. The van der Waals surface area contributed by atoms with Crippen molar-refractivity contribution in [2.45, 2.75) is 75.2 Å². The highest BCUT2D eigenvalue weighted by Crippen LogP contribution is 2.42. The predicted molar refractivity (Wildman–Crippen MR) is 103 cm³/mol. The molecule has 1 aliphatic heterocycles. The third-order valence-corrected chi connectivity index (χ3v) is 6.65. The van der Waals surface area contributed by atoms with Crippen LogP contribution in [0.1, 0.15) is 56.9 Å². The molecule has 1 aromatic carbocycles. The van der Waals surface area contributed by atoms with E-state index in [4.69, 9.17) is 10.5 Å². The fourth-order valence-electron chi connectivity index (χ4n) is 4.69. The third kappa shape index (κ3) is 4.61. The average Bonchev–Trinajstić information content (AvgIpc) is 3.52. The molecular formula is C22H29F3N2O2. The van der Waals surface area contributed by atoms with Crippen LogP contribution in [-0.2, 0) is 15.2 Å². The van der Waals surface area contributed by atoms with Gasteiger partial charge in [-0.1, -0.05) is 0 Å². The monoisotopic (exact) mass is 410 g/mol. The number of alkyl halides is 1. The first-order chi connectivity index (χ1) is 13.9. The molecule has 160 valence electrons. The summed E-state index contributed by atoms with van der Waals surface area (Å²) < 4.78 is 48.3. The van der Waals surface area contributed by atoms with Crippen LogP contribution in [0, 0.1) is 17.6 Å². The van der Waals surface area contributed by atoms with Gasteiger partial charge in [0.25, 0.3) is 0 Å². The molecule has 1 saturated heterocycles. The predicted octanol–water partition coefficient (Wildman–Crippen LogP) is 3.82. The maximum absolute atomic E-state index is 15.3. The van der Waals surface area contributed by atoms with Gasteiger partial charge >= 0.3 is 0 Å². The van der Waals surface area contributed by atoms with Gasteiger partial charge < -0.3 is 15.4 Å². The molecule has 0 spiro atoms. The SMILES string of the molecule is NC1CCCN(C(=O)C2CC2)[C@H]1COC1CCC(F)(c2cc(F)cc(F)c2)CC1. The van der Waals surface area contributed by atoms with Crippen molar-refractivity contribution in [1.82, 2.24) is 4.90 Å². The minimum Gasteiger partial charge on any atom is -0.376 e. The van der Waals surface area contributed by atoms with Gasteiger partial charge in [-0.05, 0) is 69.1 Å². The van der Waals surface area contributed by atoms with Crippen molar-refractivity contribution in [3.63, 3.8) is 0 Å². The van der Waals surface area contributed by atoms with Crippen LogP contribution in [0.15, 0.2) is 18.2 Å². The van der Waals surface area contributed by atoms with Crippen LogP contribution in [0.25, 0.3) is 0 Å². The Morgan fingerprint density at radius 3 is 2.38 bits per heavy atom.